The van der Waals surface area contributed by atoms with Crippen LogP contribution in [-0.4, -0.2) is 50.7 Å². The van der Waals surface area contributed by atoms with Gasteiger partial charge in [-0.3, -0.25) is 0 Å². The maximum absolute atomic E-state index is 5.51. The van der Waals surface area contributed by atoms with Crippen LogP contribution in [0.15, 0.2) is 12.1 Å². The molecule has 2 N–H and O–H groups in total. The van der Waals surface area contributed by atoms with Crippen LogP contribution < -0.4 is 10.6 Å². The molecule has 96 valence electrons. The molecule has 0 aromatic carbocycles. The molecule has 1 heterocycles. The highest BCUT2D eigenvalue weighted by Gasteiger charge is 2.07. The fourth-order valence-electron chi connectivity index (χ4n) is 1.45. The van der Waals surface area contributed by atoms with Crippen molar-refractivity contribution in [3.63, 3.8) is 0 Å². The molecule has 0 radical (unpaired) electrons. The van der Waals surface area contributed by atoms with Crippen molar-refractivity contribution in [3.05, 3.63) is 12.1 Å². The summed E-state index contributed by atoms with van der Waals surface area (Å²) in [5, 5.41) is 7.92. The Morgan fingerprint density at radius 1 is 1.12 bits per heavy atom. The van der Waals surface area contributed by atoms with Crippen molar-refractivity contribution in [2.75, 3.05) is 51.2 Å². The molecule has 6 heteroatoms. The summed E-state index contributed by atoms with van der Waals surface area (Å²) >= 11 is 0. The highest BCUT2D eigenvalue weighted by molar-refractivity contribution is 5.41. The Morgan fingerprint density at radius 2 is 1.88 bits per heavy atom. The predicted molar refractivity (Wildman–Crippen MR) is 67.0 cm³/mol. The lowest BCUT2D eigenvalue weighted by Crippen LogP contribution is -2.30. The zero-order chi connectivity index (χ0) is 12.5. The minimum atomic E-state index is 0.428. The minimum absolute atomic E-state index is 0.428. The van der Waals surface area contributed by atoms with Crippen molar-refractivity contribution in [3.8, 4) is 0 Å². The van der Waals surface area contributed by atoms with Gasteiger partial charge in [0.1, 0.15) is 5.82 Å². The Hall–Kier alpha value is -1.40. The molecule has 0 unspecified atom stereocenters. The van der Waals surface area contributed by atoms with E-state index in [1.165, 1.54) is 0 Å². The van der Waals surface area contributed by atoms with E-state index in [0.717, 1.165) is 31.9 Å². The van der Waals surface area contributed by atoms with Crippen molar-refractivity contribution in [2.45, 2.75) is 6.42 Å². The largest absolute Gasteiger partial charge is 0.385 e. The van der Waals surface area contributed by atoms with Gasteiger partial charge in [-0.15, -0.1) is 10.2 Å². The number of hydrogen-bond donors (Lipinski definition) is 1. The number of nitrogens with zero attached hydrogens (tertiary/aromatic N) is 3. The van der Waals surface area contributed by atoms with E-state index in [1.807, 2.05) is 6.07 Å². The van der Waals surface area contributed by atoms with Crippen molar-refractivity contribution >= 4 is 11.6 Å². The second-order valence-corrected chi connectivity index (χ2v) is 3.64. The summed E-state index contributed by atoms with van der Waals surface area (Å²) in [5.74, 6) is 1.24. The first-order valence-corrected chi connectivity index (χ1v) is 5.60. The minimum Gasteiger partial charge on any atom is -0.385 e. The summed E-state index contributed by atoms with van der Waals surface area (Å²) < 4.78 is 10.1. The van der Waals surface area contributed by atoms with Gasteiger partial charge in [0.25, 0.3) is 0 Å². The van der Waals surface area contributed by atoms with E-state index in [1.54, 1.807) is 20.3 Å². The first kappa shape index (κ1) is 13.7. The van der Waals surface area contributed by atoms with Crippen LogP contribution in [0.3, 0.4) is 0 Å². The van der Waals surface area contributed by atoms with E-state index in [0.29, 0.717) is 12.4 Å². The van der Waals surface area contributed by atoms with Crippen LogP contribution in [0.5, 0.6) is 0 Å². The first-order chi connectivity index (χ1) is 8.27. The molecule has 1 aromatic rings. The zero-order valence-electron chi connectivity index (χ0n) is 10.4. The van der Waals surface area contributed by atoms with Crippen LogP contribution >= 0.6 is 0 Å². The molecule has 1 aromatic heterocycles. The third kappa shape index (κ3) is 4.97. The monoisotopic (exact) mass is 240 g/mol. The average Bonchev–Trinajstić information content (AvgIpc) is 2.35. The maximum Gasteiger partial charge on any atom is 0.151 e. The highest BCUT2D eigenvalue weighted by atomic mass is 16.5. The van der Waals surface area contributed by atoms with Crippen molar-refractivity contribution in [1.82, 2.24) is 10.2 Å². The number of rotatable bonds is 8. The van der Waals surface area contributed by atoms with Crippen LogP contribution in [0.25, 0.3) is 0 Å². The summed E-state index contributed by atoms with van der Waals surface area (Å²) in [6.45, 7) is 3.01. The second kappa shape index (κ2) is 7.81. The highest BCUT2D eigenvalue weighted by Crippen LogP contribution is 2.10. The molecule has 0 fully saturated rings. The van der Waals surface area contributed by atoms with Crippen LogP contribution in [0.1, 0.15) is 6.42 Å². The average molecular weight is 240 g/mol. The molecule has 17 heavy (non-hydrogen) atoms. The Morgan fingerprint density at radius 3 is 2.47 bits per heavy atom. The van der Waals surface area contributed by atoms with Crippen LogP contribution in [0.2, 0.25) is 0 Å². The Balaban J connectivity index is 2.57. The van der Waals surface area contributed by atoms with Crippen molar-refractivity contribution in [1.29, 1.82) is 0 Å². The topological polar surface area (TPSA) is 73.5 Å². The smallest absolute Gasteiger partial charge is 0.151 e. The Labute approximate surface area is 102 Å². The summed E-state index contributed by atoms with van der Waals surface area (Å²) in [7, 11) is 3.38. The predicted octanol–water partition coefficient (Wildman–Crippen LogP) is 0.548. The quantitative estimate of drug-likeness (QED) is 0.669. The van der Waals surface area contributed by atoms with E-state index in [-0.39, 0.29) is 0 Å². The molecule has 0 aliphatic heterocycles. The summed E-state index contributed by atoms with van der Waals surface area (Å²) in [6.07, 6.45) is 0.937. The normalized spacial score (nSPS) is 10.5. The van der Waals surface area contributed by atoms with Gasteiger partial charge in [0.05, 0.1) is 6.61 Å². The molecule has 0 aliphatic carbocycles. The SMILES string of the molecule is COCCCN(CCOC)c1ccc(N)nn1. The van der Waals surface area contributed by atoms with E-state index in [2.05, 4.69) is 15.1 Å². The Bertz CT molecular complexity index is 305. The standard InChI is InChI=1S/C11H20N4O2/c1-16-8-3-6-15(7-9-17-2)11-5-4-10(12)13-14-11/h4-5H,3,6-9H2,1-2H3,(H2,12,13). The van der Waals surface area contributed by atoms with Crippen LogP contribution in [0.4, 0.5) is 11.6 Å². The van der Waals surface area contributed by atoms with Gasteiger partial charge in [-0.1, -0.05) is 0 Å². The van der Waals surface area contributed by atoms with Gasteiger partial charge in [0, 0.05) is 33.9 Å². The van der Waals surface area contributed by atoms with Gasteiger partial charge in [-0.25, -0.2) is 0 Å². The van der Waals surface area contributed by atoms with Gasteiger partial charge in [-0.2, -0.15) is 0 Å². The van der Waals surface area contributed by atoms with Crippen molar-refractivity contribution in [2.24, 2.45) is 0 Å². The number of aromatic nitrogens is 2. The number of ether oxygens (including phenoxy) is 2. The fraction of sp³-hybridized carbons (Fsp3) is 0.636. The lowest BCUT2D eigenvalue weighted by atomic mass is 10.3. The molecule has 1 rings (SSSR count). The first-order valence-electron chi connectivity index (χ1n) is 5.60. The molecule has 0 saturated heterocycles. The second-order valence-electron chi connectivity index (χ2n) is 3.64. The van der Waals surface area contributed by atoms with Crippen molar-refractivity contribution < 1.29 is 9.47 Å². The Kier molecular flexibility index (Phi) is 6.27. The lowest BCUT2D eigenvalue weighted by Gasteiger charge is -2.22. The molecule has 0 bridgehead atoms. The van der Waals surface area contributed by atoms with Crippen LogP contribution in [0, 0.1) is 0 Å². The third-order valence-corrected chi connectivity index (χ3v) is 2.34. The molecular formula is C11H20N4O2. The summed E-state index contributed by atoms with van der Waals surface area (Å²) in [6, 6.07) is 3.61. The number of methoxy groups -OCH3 is 2. The third-order valence-electron chi connectivity index (χ3n) is 2.34. The van der Waals surface area contributed by atoms with E-state index in [9.17, 15) is 0 Å². The number of hydrogen-bond acceptors (Lipinski definition) is 6. The maximum atomic E-state index is 5.51. The molecule has 0 saturated carbocycles. The molecule has 0 aliphatic rings. The molecule has 0 spiro atoms. The number of anilines is 2. The fourth-order valence-corrected chi connectivity index (χ4v) is 1.45. The van der Waals surface area contributed by atoms with Crippen LogP contribution in [-0.2, 0) is 9.47 Å². The molecule has 0 amide bonds. The summed E-state index contributed by atoms with van der Waals surface area (Å²) in [4.78, 5) is 2.11. The molecule has 0 atom stereocenters. The van der Waals surface area contributed by atoms with Gasteiger partial charge < -0.3 is 20.1 Å². The molecular weight excluding hydrogens is 220 g/mol. The van der Waals surface area contributed by atoms with Gasteiger partial charge >= 0.3 is 0 Å². The molecule has 6 nitrogen and oxygen atoms in total. The van der Waals surface area contributed by atoms with E-state index in [4.69, 9.17) is 15.2 Å². The lowest BCUT2D eigenvalue weighted by molar-refractivity contribution is 0.191. The number of nitrogen functional groups attached to an aromatic ring is 1. The zero-order valence-corrected chi connectivity index (χ0v) is 10.4. The van der Waals surface area contributed by atoms with Gasteiger partial charge in [-0.05, 0) is 18.6 Å². The summed E-state index contributed by atoms with van der Waals surface area (Å²) in [5.41, 5.74) is 5.51. The van der Waals surface area contributed by atoms with E-state index < -0.39 is 0 Å². The van der Waals surface area contributed by atoms with E-state index >= 15 is 0 Å². The number of nitrogens with two attached hydrogens (primary N) is 1. The van der Waals surface area contributed by atoms with Gasteiger partial charge in [0.15, 0.2) is 5.82 Å². The van der Waals surface area contributed by atoms with Gasteiger partial charge in [0.2, 0.25) is 0 Å².